The van der Waals surface area contributed by atoms with E-state index in [0.717, 1.165) is 52.2 Å². The molecule has 1 unspecified atom stereocenters. The third-order valence-corrected chi connectivity index (χ3v) is 4.62. The van der Waals surface area contributed by atoms with E-state index in [9.17, 15) is 0 Å². The SMILES string of the molecule is CN1CCN(CCNC(N)=NCC2CCCO2)CC1(C)C. The minimum absolute atomic E-state index is 0.248. The van der Waals surface area contributed by atoms with Crippen LogP contribution in [0.15, 0.2) is 4.99 Å². The third kappa shape index (κ3) is 5.13. The van der Waals surface area contributed by atoms with Crippen LogP contribution in [-0.2, 0) is 4.74 Å². The van der Waals surface area contributed by atoms with Gasteiger partial charge in [0.1, 0.15) is 0 Å². The zero-order valence-corrected chi connectivity index (χ0v) is 13.8. The molecule has 2 heterocycles. The molecule has 6 heteroatoms. The normalized spacial score (nSPS) is 28.0. The molecule has 0 radical (unpaired) electrons. The van der Waals surface area contributed by atoms with Crippen molar-refractivity contribution < 1.29 is 4.74 Å². The van der Waals surface area contributed by atoms with Gasteiger partial charge < -0.3 is 15.8 Å². The van der Waals surface area contributed by atoms with Crippen LogP contribution < -0.4 is 11.1 Å². The second kappa shape index (κ2) is 7.42. The van der Waals surface area contributed by atoms with Gasteiger partial charge in [-0.3, -0.25) is 14.8 Å². The summed E-state index contributed by atoms with van der Waals surface area (Å²) in [5.74, 6) is 0.541. The lowest BCUT2D eigenvalue weighted by atomic mass is 10.00. The summed E-state index contributed by atoms with van der Waals surface area (Å²) in [4.78, 5) is 9.27. The van der Waals surface area contributed by atoms with Gasteiger partial charge in [0.15, 0.2) is 5.96 Å². The molecule has 0 aromatic rings. The fraction of sp³-hybridized carbons (Fsp3) is 0.933. The first-order valence-electron chi connectivity index (χ1n) is 8.06. The van der Waals surface area contributed by atoms with Gasteiger partial charge in [-0.25, -0.2) is 0 Å². The van der Waals surface area contributed by atoms with Crippen molar-refractivity contribution in [1.29, 1.82) is 0 Å². The Morgan fingerprint density at radius 2 is 2.24 bits per heavy atom. The van der Waals surface area contributed by atoms with Crippen LogP contribution in [0.3, 0.4) is 0 Å². The molecule has 2 aliphatic rings. The summed E-state index contributed by atoms with van der Waals surface area (Å²) in [5.41, 5.74) is 6.15. The monoisotopic (exact) mass is 297 g/mol. The minimum Gasteiger partial charge on any atom is -0.376 e. The number of nitrogens with two attached hydrogens (primary N) is 1. The van der Waals surface area contributed by atoms with E-state index in [1.165, 1.54) is 0 Å². The number of ether oxygens (including phenoxy) is 1. The van der Waals surface area contributed by atoms with Crippen molar-refractivity contribution in [2.45, 2.75) is 38.3 Å². The van der Waals surface area contributed by atoms with Crippen LogP contribution in [-0.4, -0.2) is 80.3 Å². The molecule has 6 nitrogen and oxygen atoms in total. The largest absolute Gasteiger partial charge is 0.376 e. The summed E-state index contributed by atoms with van der Waals surface area (Å²) in [6.45, 7) is 11.3. The fourth-order valence-corrected chi connectivity index (χ4v) is 2.92. The Hall–Kier alpha value is -0.850. The van der Waals surface area contributed by atoms with Gasteiger partial charge in [-0.1, -0.05) is 0 Å². The minimum atomic E-state index is 0.248. The van der Waals surface area contributed by atoms with Gasteiger partial charge in [-0.2, -0.15) is 0 Å². The predicted octanol–water partition coefficient (Wildman–Crippen LogP) is 0.0957. The van der Waals surface area contributed by atoms with E-state index in [-0.39, 0.29) is 11.6 Å². The lowest BCUT2D eigenvalue weighted by Gasteiger charge is -2.45. The van der Waals surface area contributed by atoms with E-state index in [1.807, 2.05) is 0 Å². The zero-order chi connectivity index (χ0) is 15.3. The Balaban J connectivity index is 1.63. The van der Waals surface area contributed by atoms with E-state index in [2.05, 4.69) is 41.0 Å². The number of guanidine groups is 1. The van der Waals surface area contributed by atoms with E-state index < -0.39 is 0 Å². The number of piperazine rings is 1. The van der Waals surface area contributed by atoms with Crippen molar-refractivity contribution in [1.82, 2.24) is 15.1 Å². The summed E-state index contributed by atoms with van der Waals surface area (Å²) < 4.78 is 5.53. The van der Waals surface area contributed by atoms with E-state index >= 15 is 0 Å². The summed E-state index contributed by atoms with van der Waals surface area (Å²) in [6.07, 6.45) is 2.52. The van der Waals surface area contributed by atoms with Gasteiger partial charge >= 0.3 is 0 Å². The molecule has 21 heavy (non-hydrogen) atoms. The molecule has 2 aliphatic heterocycles. The standard InChI is InChI=1S/C15H31N5O/c1-15(2)12-20(9-8-19(15)3)7-6-17-14(16)18-11-13-5-4-10-21-13/h13H,4-12H2,1-3H3,(H3,16,17,18). The molecule has 0 aliphatic carbocycles. The van der Waals surface area contributed by atoms with Crippen molar-refractivity contribution in [3.8, 4) is 0 Å². The third-order valence-electron chi connectivity index (χ3n) is 4.62. The smallest absolute Gasteiger partial charge is 0.188 e. The van der Waals surface area contributed by atoms with E-state index in [4.69, 9.17) is 10.5 Å². The van der Waals surface area contributed by atoms with Crippen LogP contribution in [0.2, 0.25) is 0 Å². The van der Waals surface area contributed by atoms with Gasteiger partial charge in [-0.15, -0.1) is 0 Å². The molecule has 0 aromatic heterocycles. The van der Waals surface area contributed by atoms with Gasteiger partial charge in [-0.05, 0) is 33.7 Å². The molecule has 0 bridgehead atoms. The molecule has 0 amide bonds. The van der Waals surface area contributed by atoms with Crippen LogP contribution in [0, 0.1) is 0 Å². The number of rotatable bonds is 5. The maximum atomic E-state index is 5.90. The van der Waals surface area contributed by atoms with E-state index in [0.29, 0.717) is 12.5 Å². The molecule has 2 saturated heterocycles. The van der Waals surface area contributed by atoms with Crippen molar-refractivity contribution >= 4 is 5.96 Å². The number of nitrogens with one attached hydrogen (secondary N) is 1. The summed E-state index contributed by atoms with van der Waals surface area (Å²) >= 11 is 0. The average Bonchev–Trinajstić information content (AvgIpc) is 2.93. The highest BCUT2D eigenvalue weighted by Gasteiger charge is 2.30. The average molecular weight is 297 g/mol. The number of aliphatic imine (C=N–C) groups is 1. The summed E-state index contributed by atoms with van der Waals surface area (Å²) in [5, 5.41) is 3.21. The molecule has 0 aromatic carbocycles. The van der Waals surface area contributed by atoms with Crippen molar-refractivity contribution in [3.63, 3.8) is 0 Å². The highest BCUT2D eigenvalue weighted by molar-refractivity contribution is 5.77. The summed E-state index contributed by atoms with van der Waals surface area (Å²) in [6, 6.07) is 0. The van der Waals surface area contributed by atoms with Gasteiger partial charge in [0.05, 0.1) is 12.6 Å². The molecule has 2 rings (SSSR count). The molecule has 2 fully saturated rings. The second-order valence-corrected chi connectivity index (χ2v) is 6.80. The topological polar surface area (TPSA) is 66.1 Å². The molecule has 0 saturated carbocycles. The Bertz CT molecular complexity index is 352. The zero-order valence-electron chi connectivity index (χ0n) is 13.8. The molecule has 0 spiro atoms. The molecule has 3 N–H and O–H groups in total. The lowest BCUT2D eigenvalue weighted by molar-refractivity contribution is 0.0413. The quantitative estimate of drug-likeness (QED) is 0.556. The number of likely N-dealkylation sites (N-methyl/N-ethyl adjacent to an activating group) is 1. The van der Waals surface area contributed by atoms with Crippen molar-refractivity contribution in [2.24, 2.45) is 10.7 Å². The highest BCUT2D eigenvalue weighted by Crippen LogP contribution is 2.18. The van der Waals surface area contributed by atoms with Gasteiger partial charge in [0.25, 0.3) is 0 Å². The van der Waals surface area contributed by atoms with Crippen molar-refractivity contribution in [2.75, 3.05) is 52.9 Å². The second-order valence-electron chi connectivity index (χ2n) is 6.80. The number of hydrogen-bond acceptors (Lipinski definition) is 4. The van der Waals surface area contributed by atoms with Gasteiger partial charge in [0, 0.05) is 44.9 Å². The van der Waals surface area contributed by atoms with E-state index in [1.54, 1.807) is 0 Å². The van der Waals surface area contributed by atoms with Crippen LogP contribution in [0.1, 0.15) is 26.7 Å². The Morgan fingerprint density at radius 3 is 2.90 bits per heavy atom. The molecular formula is C15H31N5O. The van der Waals surface area contributed by atoms with Crippen LogP contribution in [0.25, 0.3) is 0 Å². The fourth-order valence-electron chi connectivity index (χ4n) is 2.92. The highest BCUT2D eigenvalue weighted by atomic mass is 16.5. The summed E-state index contributed by atoms with van der Waals surface area (Å²) in [7, 11) is 2.20. The first-order valence-corrected chi connectivity index (χ1v) is 8.06. The maximum absolute atomic E-state index is 5.90. The van der Waals surface area contributed by atoms with Gasteiger partial charge in [0.2, 0.25) is 0 Å². The van der Waals surface area contributed by atoms with Crippen LogP contribution in [0.4, 0.5) is 0 Å². The lowest BCUT2D eigenvalue weighted by Crippen LogP contribution is -2.58. The Labute approximate surface area is 128 Å². The first kappa shape index (κ1) is 16.5. The first-order chi connectivity index (χ1) is 9.97. The predicted molar refractivity (Wildman–Crippen MR) is 86.6 cm³/mol. The van der Waals surface area contributed by atoms with Crippen LogP contribution in [0.5, 0.6) is 0 Å². The molecule has 1 atom stereocenters. The molecular weight excluding hydrogens is 266 g/mol. The van der Waals surface area contributed by atoms with Crippen LogP contribution >= 0.6 is 0 Å². The number of nitrogens with zero attached hydrogens (tertiary/aromatic N) is 3. The number of hydrogen-bond donors (Lipinski definition) is 2. The van der Waals surface area contributed by atoms with Crippen molar-refractivity contribution in [3.05, 3.63) is 0 Å². The maximum Gasteiger partial charge on any atom is 0.188 e. The molecule has 122 valence electrons. The Morgan fingerprint density at radius 1 is 1.43 bits per heavy atom. The Kier molecular flexibility index (Phi) is 5.84.